The van der Waals surface area contributed by atoms with E-state index in [1.807, 2.05) is 6.20 Å². The molecule has 0 aliphatic heterocycles. The number of halogens is 1. The Bertz CT molecular complexity index is 406. The highest BCUT2D eigenvalue weighted by Gasteiger charge is 2.28. The van der Waals surface area contributed by atoms with Crippen molar-refractivity contribution in [1.82, 2.24) is 15.1 Å². The van der Waals surface area contributed by atoms with Crippen LogP contribution in [-0.2, 0) is 0 Å². The fourth-order valence-corrected chi connectivity index (χ4v) is 3.92. The van der Waals surface area contributed by atoms with Gasteiger partial charge in [-0.2, -0.15) is 5.10 Å². The number of hydrogen-bond acceptors (Lipinski definition) is 2. The molecule has 1 saturated carbocycles. The molecule has 0 aromatic carbocycles. The SMILES string of the molecule is CCNC(c1c(Br)cnn1C(C)C)C1CCCCCC1. The zero-order valence-corrected chi connectivity index (χ0v) is 14.6. The summed E-state index contributed by atoms with van der Waals surface area (Å²) in [5, 5.41) is 8.29. The predicted molar refractivity (Wildman–Crippen MR) is 87.9 cm³/mol. The molecule has 20 heavy (non-hydrogen) atoms. The average molecular weight is 342 g/mol. The maximum Gasteiger partial charge on any atom is 0.0701 e. The number of hydrogen-bond donors (Lipinski definition) is 1. The van der Waals surface area contributed by atoms with Crippen LogP contribution in [0.3, 0.4) is 0 Å². The summed E-state index contributed by atoms with van der Waals surface area (Å²) < 4.78 is 3.34. The summed E-state index contributed by atoms with van der Waals surface area (Å²) in [6.07, 6.45) is 10.2. The first-order valence-electron chi connectivity index (χ1n) is 8.11. The van der Waals surface area contributed by atoms with Crippen LogP contribution >= 0.6 is 15.9 Å². The highest BCUT2D eigenvalue weighted by atomic mass is 79.9. The average Bonchev–Trinajstić information content (AvgIpc) is 2.64. The standard InChI is InChI=1S/C16H28BrN3/c1-4-18-15(13-9-7-5-6-8-10-13)16-14(17)11-19-20(16)12(2)3/h11-13,15,18H,4-10H2,1-3H3. The molecule has 1 aliphatic rings. The van der Waals surface area contributed by atoms with Crippen LogP contribution in [0.15, 0.2) is 10.7 Å². The lowest BCUT2D eigenvalue weighted by Crippen LogP contribution is -2.31. The molecule has 1 heterocycles. The smallest absolute Gasteiger partial charge is 0.0701 e. The van der Waals surface area contributed by atoms with E-state index in [9.17, 15) is 0 Å². The summed E-state index contributed by atoms with van der Waals surface area (Å²) in [6.45, 7) is 7.63. The van der Waals surface area contributed by atoms with Gasteiger partial charge < -0.3 is 5.32 Å². The highest BCUT2D eigenvalue weighted by Crippen LogP contribution is 2.37. The molecule has 1 N–H and O–H groups in total. The Morgan fingerprint density at radius 1 is 1.30 bits per heavy atom. The molecule has 1 unspecified atom stereocenters. The maximum atomic E-state index is 4.57. The van der Waals surface area contributed by atoms with Gasteiger partial charge in [-0.3, -0.25) is 4.68 Å². The Kier molecular flexibility index (Phi) is 6.09. The number of rotatable bonds is 5. The third-order valence-corrected chi connectivity index (χ3v) is 4.98. The monoisotopic (exact) mass is 341 g/mol. The van der Waals surface area contributed by atoms with Crippen molar-refractivity contribution in [2.45, 2.75) is 71.4 Å². The second kappa shape index (κ2) is 7.60. The van der Waals surface area contributed by atoms with Gasteiger partial charge in [0.05, 0.1) is 22.4 Å². The number of nitrogens with zero attached hydrogens (tertiary/aromatic N) is 2. The Morgan fingerprint density at radius 3 is 2.50 bits per heavy atom. The summed E-state index contributed by atoms with van der Waals surface area (Å²) in [5.41, 5.74) is 1.34. The maximum absolute atomic E-state index is 4.57. The summed E-state index contributed by atoms with van der Waals surface area (Å²) in [5.74, 6) is 0.739. The fourth-order valence-electron chi connectivity index (χ4n) is 3.40. The van der Waals surface area contributed by atoms with Crippen molar-refractivity contribution in [2.24, 2.45) is 5.92 Å². The van der Waals surface area contributed by atoms with Gasteiger partial charge in [0.1, 0.15) is 0 Å². The van der Waals surface area contributed by atoms with E-state index >= 15 is 0 Å². The summed E-state index contributed by atoms with van der Waals surface area (Å²) in [7, 11) is 0. The van der Waals surface area contributed by atoms with Crippen LogP contribution in [0, 0.1) is 5.92 Å². The summed E-state index contributed by atoms with van der Waals surface area (Å²) >= 11 is 3.72. The second-order valence-corrected chi connectivity index (χ2v) is 7.06. The Labute approximate surface area is 131 Å². The Hall–Kier alpha value is -0.350. The molecule has 0 spiro atoms. The minimum atomic E-state index is 0.406. The quantitative estimate of drug-likeness (QED) is 0.776. The van der Waals surface area contributed by atoms with Crippen LogP contribution in [-0.4, -0.2) is 16.3 Å². The first-order valence-corrected chi connectivity index (χ1v) is 8.90. The van der Waals surface area contributed by atoms with Crippen molar-refractivity contribution >= 4 is 15.9 Å². The van der Waals surface area contributed by atoms with E-state index in [4.69, 9.17) is 0 Å². The van der Waals surface area contributed by atoms with E-state index in [0.29, 0.717) is 12.1 Å². The van der Waals surface area contributed by atoms with Gasteiger partial charge in [0.2, 0.25) is 0 Å². The van der Waals surface area contributed by atoms with Crippen LogP contribution in [0.25, 0.3) is 0 Å². The molecule has 0 saturated heterocycles. The highest BCUT2D eigenvalue weighted by molar-refractivity contribution is 9.10. The van der Waals surface area contributed by atoms with Gasteiger partial charge in [-0.15, -0.1) is 0 Å². The van der Waals surface area contributed by atoms with Crippen molar-refractivity contribution in [3.8, 4) is 0 Å². The molecule has 1 aromatic rings. The van der Waals surface area contributed by atoms with E-state index < -0.39 is 0 Å². The first kappa shape index (κ1) is 16.0. The van der Waals surface area contributed by atoms with Crippen LogP contribution in [0.2, 0.25) is 0 Å². The first-order chi connectivity index (χ1) is 9.65. The molecule has 2 rings (SSSR count). The van der Waals surface area contributed by atoms with Gasteiger partial charge >= 0.3 is 0 Å². The van der Waals surface area contributed by atoms with Crippen molar-refractivity contribution in [3.05, 3.63) is 16.4 Å². The van der Waals surface area contributed by atoms with Crippen molar-refractivity contribution in [3.63, 3.8) is 0 Å². The van der Waals surface area contributed by atoms with Gasteiger partial charge in [0.25, 0.3) is 0 Å². The lowest BCUT2D eigenvalue weighted by Gasteiger charge is -2.29. The molecule has 4 heteroatoms. The summed E-state index contributed by atoms with van der Waals surface area (Å²) in [4.78, 5) is 0. The third-order valence-electron chi connectivity index (χ3n) is 4.37. The van der Waals surface area contributed by atoms with Crippen LogP contribution in [0.5, 0.6) is 0 Å². The molecule has 114 valence electrons. The molecular weight excluding hydrogens is 314 g/mol. The molecule has 1 aliphatic carbocycles. The lowest BCUT2D eigenvalue weighted by atomic mass is 9.89. The number of aromatic nitrogens is 2. The largest absolute Gasteiger partial charge is 0.309 e. The fraction of sp³-hybridized carbons (Fsp3) is 0.812. The van der Waals surface area contributed by atoms with Gasteiger partial charge in [-0.05, 0) is 55.1 Å². The third kappa shape index (κ3) is 3.64. The van der Waals surface area contributed by atoms with Gasteiger partial charge in [-0.1, -0.05) is 32.6 Å². The van der Waals surface area contributed by atoms with Crippen LogP contribution in [0.1, 0.15) is 77.1 Å². The van der Waals surface area contributed by atoms with E-state index in [1.54, 1.807) is 0 Å². The zero-order chi connectivity index (χ0) is 14.5. The molecular formula is C16H28BrN3. The second-order valence-electron chi connectivity index (χ2n) is 6.20. The molecule has 0 bridgehead atoms. The molecule has 0 radical (unpaired) electrons. The van der Waals surface area contributed by atoms with Gasteiger partial charge in [-0.25, -0.2) is 0 Å². The van der Waals surface area contributed by atoms with E-state index in [1.165, 1.54) is 44.2 Å². The molecule has 0 amide bonds. The normalized spacial score (nSPS) is 19.2. The minimum absolute atomic E-state index is 0.406. The van der Waals surface area contributed by atoms with Crippen molar-refractivity contribution < 1.29 is 0 Å². The molecule has 1 aromatic heterocycles. The molecule has 3 nitrogen and oxygen atoms in total. The van der Waals surface area contributed by atoms with Gasteiger partial charge in [0.15, 0.2) is 0 Å². The zero-order valence-electron chi connectivity index (χ0n) is 13.0. The molecule has 1 fully saturated rings. The predicted octanol–water partition coefficient (Wildman–Crippen LogP) is 4.85. The van der Waals surface area contributed by atoms with Crippen molar-refractivity contribution in [1.29, 1.82) is 0 Å². The number of nitrogens with one attached hydrogen (secondary N) is 1. The van der Waals surface area contributed by atoms with E-state index in [0.717, 1.165) is 16.9 Å². The Morgan fingerprint density at radius 2 is 1.95 bits per heavy atom. The minimum Gasteiger partial charge on any atom is -0.309 e. The van der Waals surface area contributed by atoms with E-state index in [2.05, 4.69) is 51.8 Å². The topological polar surface area (TPSA) is 29.9 Å². The molecule has 1 atom stereocenters. The van der Waals surface area contributed by atoms with Crippen molar-refractivity contribution in [2.75, 3.05) is 6.54 Å². The Balaban J connectivity index is 2.29. The van der Waals surface area contributed by atoms with Crippen LogP contribution < -0.4 is 5.32 Å². The van der Waals surface area contributed by atoms with Crippen LogP contribution in [0.4, 0.5) is 0 Å². The van der Waals surface area contributed by atoms with Gasteiger partial charge in [0, 0.05) is 6.04 Å². The summed E-state index contributed by atoms with van der Waals surface area (Å²) in [6, 6.07) is 0.834. The lowest BCUT2D eigenvalue weighted by molar-refractivity contribution is 0.306. The van der Waals surface area contributed by atoms with E-state index in [-0.39, 0.29) is 0 Å².